The van der Waals surface area contributed by atoms with Crippen LogP contribution in [0.4, 0.5) is 5.69 Å². The maximum absolute atomic E-state index is 12.0. The average molecular weight is 343 g/mol. The van der Waals surface area contributed by atoms with Gasteiger partial charge < -0.3 is 10.1 Å². The number of hydrogen-bond acceptors (Lipinski definition) is 3. The monoisotopic (exact) mass is 343 g/mol. The van der Waals surface area contributed by atoms with Crippen LogP contribution in [0.25, 0.3) is 0 Å². The first-order valence-electron chi connectivity index (χ1n) is 8.27. The molecule has 128 valence electrons. The number of thioether (sulfide) groups is 1. The summed E-state index contributed by atoms with van der Waals surface area (Å²) in [5.41, 5.74) is 3.39. The van der Waals surface area contributed by atoms with Gasteiger partial charge in [-0.05, 0) is 48.2 Å². The molecule has 0 aliphatic heterocycles. The molecule has 0 aliphatic carbocycles. The first kappa shape index (κ1) is 18.4. The van der Waals surface area contributed by atoms with E-state index in [4.69, 9.17) is 4.74 Å². The lowest BCUT2D eigenvalue weighted by atomic mass is 10.0. The predicted octanol–water partition coefficient (Wildman–Crippen LogP) is 5.08. The van der Waals surface area contributed by atoms with Crippen LogP contribution in [-0.2, 0) is 10.5 Å². The molecule has 0 aromatic heterocycles. The summed E-state index contributed by atoms with van der Waals surface area (Å²) in [5.74, 6) is 2.66. The summed E-state index contributed by atoms with van der Waals surface area (Å²) in [4.78, 5) is 12.0. The SMILES string of the molecule is CCOc1ccc(NC(=O)CSCc2ccc(C(C)C)cc2)cc1. The van der Waals surface area contributed by atoms with Crippen molar-refractivity contribution in [3.05, 3.63) is 59.7 Å². The van der Waals surface area contributed by atoms with Gasteiger partial charge in [-0.15, -0.1) is 11.8 Å². The highest BCUT2D eigenvalue weighted by Gasteiger charge is 2.04. The molecule has 0 bridgehead atoms. The van der Waals surface area contributed by atoms with Crippen molar-refractivity contribution >= 4 is 23.4 Å². The molecule has 0 spiro atoms. The second kappa shape index (κ2) is 9.38. The van der Waals surface area contributed by atoms with Gasteiger partial charge in [-0.1, -0.05) is 38.1 Å². The number of amides is 1. The van der Waals surface area contributed by atoms with Gasteiger partial charge in [-0.3, -0.25) is 4.79 Å². The Morgan fingerprint density at radius 2 is 1.75 bits per heavy atom. The van der Waals surface area contributed by atoms with Gasteiger partial charge in [-0.2, -0.15) is 0 Å². The van der Waals surface area contributed by atoms with Crippen molar-refractivity contribution in [3.8, 4) is 5.75 Å². The van der Waals surface area contributed by atoms with E-state index >= 15 is 0 Å². The van der Waals surface area contributed by atoms with Crippen LogP contribution in [-0.4, -0.2) is 18.3 Å². The van der Waals surface area contributed by atoms with Crippen LogP contribution in [0.1, 0.15) is 37.8 Å². The number of hydrogen-bond donors (Lipinski definition) is 1. The minimum absolute atomic E-state index is 0.0166. The zero-order chi connectivity index (χ0) is 17.4. The third-order valence-electron chi connectivity index (χ3n) is 3.60. The molecule has 0 fully saturated rings. The summed E-state index contributed by atoms with van der Waals surface area (Å²) in [6.07, 6.45) is 0. The fourth-order valence-electron chi connectivity index (χ4n) is 2.26. The van der Waals surface area contributed by atoms with E-state index in [1.165, 1.54) is 11.1 Å². The molecule has 2 aromatic carbocycles. The minimum atomic E-state index is 0.0166. The van der Waals surface area contributed by atoms with E-state index in [0.29, 0.717) is 18.3 Å². The zero-order valence-corrected chi connectivity index (χ0v) is 15.4. The second-order valence-corrected chi connectivity index (χ2v) is 6.88. The fourth-order valence-corrected chi connectivity index (χ4v) is 3.05. The molecule has 2 rings (SSSR count). The van der Waals surface area contributed by atoms with Crippen molar-refractivity contribution in [1.82, 2.24) is 0 Å². The van der Waals surface area contributed by atoms with Crippen molar-refractivity contribution in [2.24, 2.45) is 0 Å². The van der Waals surface area contributed by atoms with Gasteiger partial charge in [0.1, 0.15) is 5.75 Å². The Kier molecular flexibility index (Phi) is 7.19. The van der Waals surface area contributed by atoms with E-state index in [2.05, 4.69) is 43.4 Å². The molecule has 0 saturated carbocycles. The Labute approximate surface area is 148 Å². The van der Waals surface area contributed by atoms with E-state index in [1.54, 1.807) is 11.8 Å². The Bertz CT molecular complexity index is 636. The second-order valence-electron chi connectivity index (χ2n) is 5.89. The van der Waals surface area contributed by atoms with Gasteiger partial charge in [0.05, 0.1) is 12.4 Å². The van der Waals surface area contributed by atoms with E-state index in [1.807, 2.05) is 31.2 Å². The van der Waals surface area contributed by atoms with Crippen LogP contribution < -0.4 is 10.1 Å². The molecule has 4 heteroatoms. The van der Waals surface area contributed by atoms with Gasteiger partial charge >= 0.3 is 0 Å². The van der Waals surface area contributed by atoms with Gasteiger partial charge in [-0.25, -0.2) is 0 Å². The number of carbonyl (C=O) groups is 1. The summed E-state index contributed by atoms with van der Waals surface area (Å²) < 4.78 is 5.39. The molecule has 2 aromatic rings. The molecule has 0 unspecified atom stereocenters. The Hall–Kier alpha value is -1.94. The molecule has 0 atom stereocenters. The number of ether oxygens (including phenoxy) is 1. The normalized spacial score (nSPS) is 10.7. The predicted molar refractivity (Wildman–Crippen MR) is 103 cm³/mol. The number of rotatable bonds is 8. The van der Waals surface area contributed by atoms with Crippen LogP contribution in [0.3, 0.4) is 0 Å². The largest absolute Gasteiger partial charge is 0.494 e. The Morgan fingerprint density at radius 1 is 1.08 bits per heavy atom. The lowest BCUT2D eigenvalue weighted by Crippen LogP contribution is -2.14. The van der Waals surface area contributed by atoms with E-state index in [9.17, 15) is 4.79 Å². The number of benzene rings is 2. The van der Waals surface area contributed by atoms with Crippen LogP contribution in [0.2, 0.25) is 0 Å². The van der Waals surface area contributed by atoms with E-state index in [-0.39, 0.29) is 5.91 Å². The first-order valence-corrected chi connectivity index (χ1v) is 9.43. The molecule has 1 N–H and O–H groups in total. The number of nitrogens with one attached hydrogen (secondary N) is 1. The van der Waals surface area contributed by atoms with E-state index in [0.717, 1.165) is 17.2 Å². The van der Waals surface area contributed by atoms with Crippen LogP contribution in [0, 0.1) is 0 Å². The minimum Gasteiger partial charge on any atom is -0.494 e. The van der Waals surface area contributed by atoms with Gasteiger partial charge in [0.25, 0.3) is 0 Å². The standard InChI is InChI=1S/C20H25NO2S/c1-4-23-19-11-9-18(10-12-19)21-20(22)14-24-13-16-5-7-17(8-6-16)15(2)3/h5-12,15H,4,13-14H2,1-3H3,(H,21,22). The highest BCUT2D eigenvalue weighted by Crippen LogP contribution is 2.19. The Morgan fingerprint density at radius 3 is 2.33 bits per heavy atom. The van der Waals surface area contributed by atoms with E-state index < -0.39 is 0 Å². The molecular formula is C20H25NO2S. The van der Waals surface area contributed by atoms with Crippen molar-refractivity contribution in [2.75, 3.05) is 17.7 Å². The van der Waals surface area contributed by atoms with Crippen LogP contribution in [0.15, 0.2) is 48.5 Å². The summed E-state index contributed by atoms with van der Waals surface area (Å²) in [6, 6.07) is 16.1. The van der Waals surface area contributed by atoms with Gasteiger partial charge in [0.15, 0.2) is 0 Å². The lowest BCUT2D eigenvalue weighted by molar-refractivity contribution is -0.113. The quantitative estimate of drug-likeness (QED) is 0.726. The van der Waals surface area contributed by atoms with Crippen molar-refractivity contribution < 1.29 is 9.53 Å². The highest BCUT2D eigenvalue weighted by atomic mass is 32.2. The zero-order valence-electron chi connectivity index (χ0n) is 14.5. The topological polar surface area (TPSA) is 38.3 Å². The molecular weight excluding hydrogens is 318 g/mol. The summed E-state index contributed by atoms with van der Waals surface area (Å²) in [7, 11) is 0. The molecule has 0 saturated heterocycles. The summed E-state index contributed by atoms with van der Waals surface area (Å²) in [6.45, 7) is 6.97. The highest BCUT2D eigenvalue weighted by molar-refractivity contribution is 7.99. The van der Waals surface area contributed by atoms with Crippen LogP contribution >= 0.6 is 11.8 Å². The van der Waals surface area contributed by atoms with Gasteiger partial charge in [0.2, 0.25) is 5.91 Å². The summed E-state index contributed by atoms with van der Waals surface area (Å²) >= 11 is 1.62. The smallest absolute Gasteiger partial charge is 0.234 e. The molecule has 0 radical (unpaired) electrons. The Balaban J connectivity index is 1.74. The molecule has 0 aliphatic rings. The van der Waals surface area contributed by atoms with Crippen molar-refractivity contribution in [1.29, 1.82) is 0 Å². The molecule has 0 heterocycles. The average Bonchev–Trinajstić information content (AvgIpc) is 2.57. The fraction of sp³-hybridized carbons (Fsp3) is 0.350. The third-order valence-corrected chi connectivity index (χ3v) is 4.60. The van der Waals surface area contributed by atoms with Crippen LogP contribution in [0.5, 0.6) is 5.75 Å². The number of anilines is 1. The first-order chi connectivity index (χ1) is 11.6. The lowest BCUT2D eigenvalue weighted by Gasteiger charge is -2.08. The van der Waals surface area contributed by atoms with Crippen molar-refractivity contribution in [3.63, 3.8) is 0 Å². The maximum Gasteiger partial charge on any atom is 0.234 e. The molecule has 3 nitrogen and oxygen atoms in total. The van der Waals surface area contributed by atoms with Gasteiger partial charge in [0, 0.05) is 11.4 Å². The maximum atomic E-state index is 12.0. The number of carbonyl (C=O) groups excluding carboxylic acids is 1. The summed E-state index contributed by atoms with van der Waals surface area (Å²) in [5, 5.41) is 2.91. The molecule has 24 heavy (non-hydrogen) atoms. The van der Waals surface area contributed by atoms with Crippen molar-refractivity contribution in [2.45, 2.75) is 32.4 Å². The third kappa shape index (κ3) is 5.93. The molecule has 1 amide bonds.